The molecular weight excluding hydrogens is 494 g/mol. The number of benzene rings is 2. The lowest BCUT2D eigenvalue weighted by atomic mass is 9.93. The SMILES string of the molecule is CC(C)=CCN(c1ccc(OCc2ccccc2)cc1)C1CCN(CC(C)CC(C=O)NC2CCCCC2)CC1. The largest absolute Gasteiger partial charge is 0.489 e. The van der Waals surface area contributed by atoms with E-state index in [-0.39, 0.29) is 6.04 Å². The molecule has 1 saturated heterocycles. The molecule has 2 aliphatic rings. The molecule has 1 N–H and O–H groups in total. The average Bonchev–Trinajstić information content (AvgIpc) is 2.98. The second kappa shape index (κ2) is 16.0. The maximum atomic E-state index is 11.8. The zero-order valence-corrected chi connectivity index (χ0v) is 25.1. The normalized spacial score (nSPS) is 18.6. The highest BCUT2D eigenvalue weighted by molar-refractivity contribution is 5.57. The van der Waals surface area contributed by atoms with E-state index in [0.717, 1.165) is 57.5 Å². The van der Waals surface area contributed by atoms with E-state index < -0.39 is 0 Å². The fraction of sp³-hybridized carbons (Fsp3) is 0.571. The third-order valence-corrected chi connectivity index (χ3v) is 8.56. The zero-order chi connectivity index (χ0) is 28.2. The number of allylic oxidation sites excluding steroid dienone is 1. The second-order valence-corrected chi connectivity index (χ2v) is 12.3. The van der Waals surface area contributed by atoms with Crippen molar-refractivity contribution >= 4 is 12.0 Å². The molecule has 2 aromatic carbocycles. The van der Waals surface area contributed by atoms with Crippen LogP contribution in [0, 0.1) is 5.92 Å². The highest BCUT2D eigenvalue weighted by atomic mass is 16.5. The van der Waals surface area contributed by atoms with E-state index in [1.165, 1.54) is 48.9 Å². The van der Waals surface area contributed by atoms with Gasteiger partial charge in [0.05, 0.1) is 6.04 Å². The Labute approximate surface area is 243 Å². The first-order valence-corrected chi connectivity index (χ1v) is 15.6. The summed E-state index contributed by atoms with van der Waals surface area (Å²) in [4.78, 5) is 17.0. The molecule has 5 heteroatoms. The van der Waals surface area contributed by atoms with Crippen LogP contribution in [0.15, 0.2) is 66.2 Å². The lowest BCUT2D eigenvalue weighted by Gasteiger charge is -2.40. The van der Waals surface area contributed by atoms with Crippen LogP contribution in [0.1, 0.15) is 77.7 Å². The summed E-state index contributed by atoms with van der Waals surface area (Å²) in [5, 5.41) is 3.65. The Morgan fingerprint density at radius 1 is 1.00 bits per heavy atom. The molecule has 40 heavy (non-hydrogen) atoms. The van der Waals surface area contributed by atoms with E-state index in [1.807, 2.05) is 18.2 Å². The monoisotopic (exact) mass is 545 g/mol. The maximum Gasteiger partial charge on any atom is 0.136 e. The summed E-state index contributed by atoms with van der Waals surface area (Å²) >= 11 is 0. The van der Waals surface area contributed by atoms with Crippen LogP contribution in [0.4, 0.5) is 5.69 Å². The number of carbonyl (C=O) groups excluding carboxylic acids is 1. The topological polar surface area (TPSA) is 44.8 Å². The third kappa shape index (κ3) is 9.78. The first kappa shape index (κ1) is 30.3. The smallest absolute Gasteiger partial charge is 0.136 e. The molecule has 1 aliphatic carbocycles. The number of piperidine rings is 1. The van der Waals surface area contributed by atoms with Crippen molar-refractivity contribution in [3.05, 3.63) is 71.8 Å². The van der Waals surface area contributed by atoms with Crippen molar-refractivity contribution in [2.45, 2.75) is 96.9 Å². The third-order valence-electron chi connectivity index (χ3n) is 8.56. The average molecular weight is 546 g/mol. The molecule has 2 fully saturated rings. The van der Waals surface area contributed by atoms with Crippen LogP contribution in [0.3, 0.4) is 0 Å². The molecule has 2 aromatic rings. The van der Waals surface area contributed by atoms with Crippen LogP contribution < -0.4 is 15.0 Å². The van der Waals surface area contributed by atoms with Gasteiger partial charge in [0, 0.05) is 44.0 Å². The number of anilines is 1. The van der Waals surface area contributed by atoms with Gasteiger partial charge in [-0.05, 0) is 81.7 Å². The van der Waals surface area contributed by atoms with Crippen molar-refractivity contribution < 1.29 is 9.53 Å². The molecule has 1 aliphatic heterocycles. The minimum Gasteiger partial charge on any atom is -0.489 e. The number of nitrogens with zero attached hydrogens (tertiary/aromatic N) is 2. The molecule has 218 valence electrons. The van der Waals surface area contributed by atoms with Gasteiger partial charge in [-0.1, -0.05) is 68.2 Å². The first-order chi connectivity index (χ1) is 19.5. The molecule has 4 rings (SSSR count). The van der Waals surface area contributed by atoms with Crippen LogP contribution in [0.25, 0.3) is 0 Å². The molecule has 5 nitrogen and oxygen atoms in total. The quantitative estimate of drug-likeness (QED) is 0.204. The number of aldehydes is 1. The summed E-state index contributed by atoms with van der Waals surface area (Å²) < 4.78 is 6.04. The Hall–Kier alpha value is -2.63. The number of likely N-dealkylation sites (tertiary alicyclic amines) is 1. The number of carbonyl (C=O) groups is 1. The first-order valence-electron chi connectivity index (χ1n) is 15.6. The van der Waals surface area contributed by atoms with Gasteiger partial charge in [0.2, 0.25) is 0 Å². The van der Waals surface area contributed by atoms with Gasteiger partial charge in [-0.25, -0.2) is 0 Å². The number of nitrogens with one attached hydrogen (secondary N) is 1. The molecule has 0 spiro atoms. The lowest BCUT2D eigenvalue weighted by molar-refractivity contribution is -0.110. The van der Waals surface area contributed by atoms with Gasteiger partial charge in [-0.2, -0.15) is 0 Å². The molecular formula is C35H51N3O2. The van der Waals surface area contributed by atoms with E-state index in [1.54, 1.807) is 0 Å². The van der Waals surface area contributed by atoms with Gasteiger partial charge >= 0.3 is 0 Å². The molecule has 0 bridgehead atoms. The lowest BCUT2D eigenvalue weighted by Crippen LogP contribution is -2.47. The van der Waals surface area contributed by atoms with Crippen molar-refractivity contribution in [3.8, 4) is 5.75 Å². The Kier molecular flexibility index (Phi) is 12.1. The molecule has 2 unspecified atom stereocenters. The van der Waals surface area contributed by atoms with Crippen LogP contribution in [0.2, 0.25) is 0 Å². The highest BCUT2D eigenvalue weighted by Gasteiger charge is 2.26. The number of hydrogen-bond donors (Lipinski definition) is 1. The van der Waals surface area contributed by atoms with Crippen molar-refractivity contribution in [3.63, 3.8) is 0 Å². The van der Waals surface area contributed by atoms with Crippen LogP contribution in [-0.2, 0) is 11.4 Å². The van der Waals surface area contributed by atoms with E-state index in [9.17, 15) is 4.79 Å². The number of rotatable bonds is 14. The fourth-order valence-electron chi connectivity index (χ4n) is 6.32. The van der Waals surface area contributed by atoms with Gasteiger partial charge in [-0.3, -0.25) is 0 Å². The van der Waals surface area contributed by atoms with Crippen LogP contribution in [0.5, 0.6) is 5.75 Å². The predicted octanol–water partition coefficient (Wildman–Crippen LogP) is 7.02. The molecule has 2 atom stereocenters. The minimum atomic E-state index is -0.00477. The van der Waals surface area contributed by atoms with Crippen LogP contribution >= 0.6 is 0 Å². The Bertz CT molecular complexity index is 1020. The summed E-state index contributed by atoms with van der Waals surface area (Å²) in [6.07, 6.45) is 13.1. The van der Waals surface area contributed by atoms with Crippen molar-refractivity contribution in [1.29, 1.82) is 0 Å². The highest BCUT2D eigenvalue weighted by Crippen LogP contribution is 2.27. The summed E-state index contributed by atoms with van der Waals surface area (Å²) in [6, 6.07) is 20.0. The van der Waals surface area contributed by atoms with Gasteiger partial charge in [0.25, 0.3) is 0 Å². The van der Waals surface area contributed by atoms with Gasteiger partial charge < -0.3 is 24.6 Å². The summed E-state index contributed by atoms with van der Waals surface area (Å²) in [6.45, 7) is 11.5. The van der Waals surface area contributed by atoms with Crippen molar-refractivity contribution in [2.24, 2.45) is 5.92 Å². The minimum absolute atomic E-state index is 0.00477. The predicted molar refractivity (Wildman–Crippen MR) is 167 cm³/mol. The van der Waals surface area contributed by atoms with E-state index in [0.29, 0.717) is 24.6 Å². The fourth-order valence-corrected chi connectivity index (χ4v) is 6.32. The number of ether oxygens (including phenoxy) is 1. The van der Waals surface area contributed by atoms with Gasteiger partial charge in [-0.15, -0.1) is 0 Å². The Morgan fingerprint density at radius 3 is 2.35 bits per heavy atom. The Morgan fingerprint density at radius 2 is 1.70 bits per heavy atom. The molecule has 0 amide bonds. The standard InChI is InChI=1S/C35H51N3O2/c1-28(2)18-23-38(33-14-16-35(17-15-33)40-27-30-10-6-4-7-11-30)34-19-21-37(22-20-34)25-29(3)24-32(26-39)36-31-12-8-5-9-13-31/h4,6-7,10-11,14-18,26,29,31-32,34,36H,5,8-9,12-13,19-25,27H2,1-3H3. The number of hydrogen-bond acceptors (Lipinski definition) is 5. The maximum absolute atomic E-state index is 11.8. The van der Waals surface area contributed by atoms with Crippen molar-refractivity contribution in [2.75, 3.05) is 31.1 Å². The Balaban J connectivity index is 1.28. The second-order valence-electron chi connectivity index (χ2n) is 12.3. The van der Waals surface area contributed by atoms with E-state index in [2.05, 4.69) is 78.4 Å². The van der Waals surface area contributed by atoms with E-state index in [4.69, 9.17) is 4.74 Å². The van der Waals surface area contributed by atoms with Crippen LogP contribution in [-0.4, -0.2) is 55.5 Å². The molecule has 0 radical (unpaired) electrons. The summed E-state index contributed by atoms with van der Waals surface area (Å²) in [5.74, 6) is 1.42. The summed E-state index contributed by atoms with van der Waals surface area (Å²) in [5.41, 5.74) is 3.80. The van der Waals surface area contributed by atoms with Crippen molar-refractivity contribution in [1.82, 2.24) is 10.2 Å². The molecule has 0 aromatic heterocycles. The van der Waals surface area contributed by atoms with E-state index >= 15 is 0 Å². The molecule has 1 heterocycles. The summed E-state index contributed by atoms with van der Waals surface area (Å²) in [7, 11) is 0. The van der Waals surface area contributed by atoms with Gasteiger partial charge in [0.15, 0.2) is 0 Å². The molecule has 1 saturated carbocycles. The van der Waals surface area contributed by atoms with Gasteiger partial charge in [0.1, 0.15) is 18.6 Å². The zero-order valence-electron chi connectivity index (χ0n) is 25.1.